The molecule has 0 saturated heterocycles. The van der Waals surface area contributed by atoms with Gasteiger partial charge in [0.1, 0.15) is 23.0 Å². The third-order valence-corrected chi connectivity index (χ3v) is 11.0. The fourth-order valence-electron chi connectivity index (χ4n) is 8.65. The molecule has 1 aliphatic rings. The van der Waals surface area contributed by atoms with E-state index >= 15 is 0 Å². The van der Waals surface area contributed by atoms with Gasteiger partial charge in [-0.15, -0.1) is 0 Å². The van der Waals surface area contributed by atoms with Gasteiger partial charge >= 0.3 is 0 Å². The van der Waals surface area contributed by atoms with Gasteiger partial charge in [-0.1, -0.05) is 127 Å². The summed E-state index contributed by atoms with van der Waals surface area (Å²) in [5.41, 5.74) is 9.65. The predicted octanol–water partition coefficient (Wildman–Crippen LogP) is 12.7. The lowest BCUT2D eigenvalue weighted by Crippen LogP contribution is -2.19. The summed E-state index contributed by atoms with van der Waals surface area (Å²) >= 11 is 0. The lowest BCUT2D eigenvalue weighted by molar-refractivity contribution is 0.599. The lowest BCUT2D eigenvalue weighted by atomic mass is 9.98. The molecule has 1 unspecified atom stereocenters. The van der Waals surface area contributed by atoms with Crippen molar-refractivity contribution in [2.75, 3.05) is 5.32 Å². The first kappa shape index (κ1) is 28.6. The Bertz CT molecular complexity index is 3340. The molecule has 4 heterocycles. The van der Waals surface area contributed by atoms with Crippen LogP contribution in [0.5, 0.6) is 0 Å². The maximum Gasteiger partial charge on any atom is 0.177 e. The molecule has 8 aromatic carbocycles. The summed E-state index contributed by atoms with van der Waals surface area (Å²) in [6.07, 6.45) is -0.393. The van der Waals surface area contributed by atoms with E-state index in [4.69, 9.17) is 13.8 Å². The number of fused-ring (bicyclic) bond motifs is 12. The summed E-state index contributed by atoms with van der Waals surface area (Å²) in [6, 6.07) is 57.7. The Hall–Kier alpha value is -7.11. The van der Waals surface area contributed by atoms with Gasteiger partial charge in [-0.2, -0.15) is 0 Å². The number of benzene rings is 8. The molecule has 5 heteroatoms. The monoisotopic (exact) mass is 679 g/mol. The summed E-state index contributed by atoms with van der Waals surface area (Å²) in [6.45, 7) is 0. The predicted molar refractivity (Wildman–Crippen MR) is 218 cm³/mol. The van der Waals surface area contributed by atoms with E-state index in [1.165, 1.54) is 32.4 Å². The van der Waals surface area contributed by atoms with Gasteiger partial charge in [0.05, 0.1) is 22.4 Å². The molecule has 0 radical (unpaired) electrons. The minimum Gasteiger partial charge on any atom is -0.454 e. The molecule has 1 N–H and O–H groups in total. The van der Waals surface area contributed by atoms with E-state index in [-0.39, 0.29) is 0 Å². The number of nitrogens with one attached hydrogen (secondary N) is 1. The quantitative estimate of drug-likeness (QED) is 0.202. The molecule has 0 fully saturated rings. The van der Waals surface area contributed by atoms with Crippen LogP contribution in [0.3, 0.4) is 0 Å². The summed E-state index contributed by atoms with van der Waals surface area (Å²) in [4.78, 5) is 5.46. The van der Waals surface area contributed by atoms with Crippen molar-refractivity contribution in [2.24, 2.45) is 4.99 Å². The van der Waals surface area contributed by atoms with E-state index < -0.39 is 6.17 Å². The van der Waals surface area contributed by atoms with Crippen molar-refractivity contribution < 1.29 is 8.83 Å². The van der Waals surface area contributed by atoms with Crippen molar-refractivity contribution >= 4 is 87.7 Å². The molecule has 0 spiro atoms. The van der Waals surface area contributed by atoms with Crippen LogP contribution in [0.15, 0.2) is 178 Å². The fourth-order valence-corrected chi connectivity index (χ4v) is 8.65. The van der Waals surface area contributed by atoms with Crippen LogP contribution < -0.4 is 5.32 Å². The van der Waals surface area contributed by atoms with Crippen LogP contribution in [0.25, 0.3) is 81.9 Å². The minimum atomic E-state index is -0.393. The Balaban J connectivity index is 1.11. The van der Waals surface area contributed by atoms with Crippen molar-refractivity contribution in [2.45, 2.75) is 6.17 Å². The Kier molecular flexibility index (Phi) is 5.77. The highest BCUT2D eigenvalue weighted by Gasteiger charge is 2.30. The van der Waals surface area contributed by atoms with E-state index in [0.29, 0.717) is 0 Å². The van der Waals surface area contributed by atoms with E-state index in [2.05, 4.69) is 162 Å². The molecule has 3 aromatic heterocycles. The van der Waals surface area contributed by atoms with Crippen LogP contribution >= 0.6 is 0 Å². The van der Waals surface area contributed by atoms with Crippen LogP contribution in [0.1, 0.15) is 23.1 Å². The standard InChI is InChI=1S/C48H29N3O2/c1-2-13-30-27-31(24-23-28(30)11-1)43-47-44(35-16-6-8-21-40(35)52-47)50-48(49-43)37-18-10-22-41-42(37)36-17-9-20-39(46(36)53-41)51-38-19-7-5-15-33(38)34-26-25-29-12-3-4-14-32(29)45(34)51/h1-27,48,50H. The van der Waals surface area contributed by atoms with Gasteiger partial charge in [0.15, 0.2) is 11.3 Å². The molecule has 1 atom stereocenters. The lowest BCUT2D eigenvalue weighted by Gasteiger charge is -2.24. The summed E-state index contributed by atoms with van der Waals surface area (Å²) in [5, 5.41) is 14.1. The van der Waals surface area contributed by atoms with Crippen LogP contribution in [-0.2, 0) is 0 Å². The van der Waals surface area contributed by atoms with Crippen LogP contribution in [0, 0.1) is 0 Å². The highest BCUT2D eigenvalue weighted by Crippen LogP contribution is 2.45. The zero-order valence-electron chi connectivity index (χ0n) is 28.4. The van der Waals surface area contributed by atoms with Gasteiger partial charge in [0.2, 0.25) is 0 Å². The molecular formula is C48H29N3O2. The molecule has 53 heavy (non-hydrogen) atoms. The smallest absolute Gasteiger partial charge is 0.177 e. The first-order chi connectivity index (χ1) is 26.3. The normalized spacial score (nSPS) is 14.5. The molecule has 12 rings (SSSR count). The summed E-state index contributed by atoms with van der Waals surface area (Å²) in [7, 11) is 0. The number of aliphatic imine (C=N–C) groups is 1. The van der Waals surface area contributed by atoms with Gasteiger partial charge in [0, 0.05) is 43.4 Å². The number of para-hydroxylation sites is 3. The fraction of sp³-hybridized carbons (Fsp3) is 0.0208. The SMILES string of the molecule is c1ccc2cc(C3=NC(c4cccc5oc6c(-n7c8ccccc8c8ccc9ccccc9c87)cccc6c45)Nc4c3oc3ccccc43)ccc2c1. The number of hydrogen-bond acceptors (Lipinski definition) is 4. The zero-order chi connectivity index (χ0) is 34.6. The first-order valence-electron chi connectivity index (χ1n) is 18.0. The third kappa shape index (κ3) is 4.04. The maximum absolute atomic E-state index is 6.92. The molecule has 0 bridgehead atoms. The summed E-state index contributed by atoms with van der Waals surface area (Å²) < 4.78 is 15.8. The van der Waals surface area contributed by atoms with E-state index in [0.717, 1.165) is 77.8 Å². The van der Waals surface area contributed by atoms with Crippen molar-refractivity contribution in [1.29, 1.82) is 0 Å². The third-order valence-electron chi connectivity index (χ3n) is 11.0. The maximum atomic E-state index is 6.92. The average molecular weight is 680 g/mol. The van der Waals surface area contributed by atoms with E-state index in [1.54, 1.807) is 0 Å². The largest absolute Gasteiger partial charge is 0.454 e. The molecule has 11 aromatic rings. The number of hydrogen-bond donors (Lipinski definition) is 1. The van der Waals surface area contributed by atoms with Crippen LogP contribution in [0.4, 0.5) is 5.69 Å². The van der Waals surface area contributed by atoms with Crippen molar-refractivity contribution in [3.05, 3.63) is 181 Å². The number of aromatic nitrogens is 1. The Morgan fingerprint density at radius 2 is 1.25 bits per heavy atom. The van der Waals surface area contributed by atoms with Crippen LogP contribution in [-0.4, -0.2) is 10.3 Å². The highest BCUT2D eigenvalue weighted by atomic mass is 16.3. The Labute approximate surface area is 303 Å². The second-order valence-electron chi connectivity index (χ2n) is 13.9. The topological polar surface area (TPSA) is 55.6 Å². The molecule has 1 aliphatic heterocycles. The zero-order valence-corrected chi connectivity index (χ0v) is 28.4. The van der Waals surface area contributed by atoms with Gasteiger partial charge in [-0.25, -0.2) is 0 Å². The van der Waals surface area contributed by atoms with Gasteiger partial charge in [-0.05, 0) is 52.6 Å². The Morgan fingerprint density at radius 3 is 2.17 bits per heavy atom. The molecule has 248 valence electrons. The molecule has 0 aliphatic carbocycles. The van der Waals surface area contributed by atoms with Crippen molar-refractivity contribution in [3.8, 4) is 5.69 Å². The number of rotatable bonds is 3. The van der Waals surface area contributed by atoms with E-state index in [9.17, 15) is 0 Å². The van der Waals surface area contributed by atoms with E-state index in [1.807, 2.05) is 12.1 Å². The molecule has 0 saturated carbocycles. The van der Waals surface area contributed by atoms with Gasteiger partial charge in [0.25, 0.3) is 0 Å². The minimum absolute atomic E-state index is 0.393. The average Bonchev–Trinajstić information content (AvgIpc) is 3.90. The van der Waals surface area contributed by atoms with Crippen molar-refractivity contribution in [3.63, 3.8) is 0 Å². The molecular weight excluding hydrogens is 651 g/mol. The summed E-state index contributed by atoms with van der Waals surface area (Å²) in [5.74, 6) is 0.753. The second kappa shape index (κ2) is 10.7. The number of nitrogens with zero attached hydrogens (tertiary/aromatic N) is 2. The second-order valence-corrected chi connectivity index (χ2v) is 13.9. The Morgan fingerprint density at radius 1 is 0.528 bits per heavy atom. The molecule has 5 nitrogen and oxygen atoms in total. The van der Waals surface area contributed by atoms with Crippen molar-refractivity contribution in [1.82, 2.24) is 4.57 Å². The highest BCUT2D eigenvalue weighted by molar-refractivity contribution is 6.21. The first-order valence-corrected chi connectivity index (χ1v) is 18.0. The van der Waals surface area contributed by atoms with Crippen LogP contribution in [0.2, 0.25) is 0 Å². The molecule has 0 amide bonds. The van der Waals surface area contributed by atoms with Gasteiger partial charge in [-0.3, -0.25) is 4.99 Å². The number of anilines is 1. The van der Waals surface area contributed by atoms with Gasteiger partial charge < -0.3 is 18.7 Å². The number of furan rings is 2.